The number of rotatable bonds is 5. The van der Waals surface area contributed by atoms with Gasteiger partial charge in [0.25, 0.3) is 0 Å². The van der Waals surface area contributed by atoms with Crippen molar-refractivity contribution in [3.05, 3.63) is 35.1 Å². The van der Waals surface area contributed by atoms with E-state index in [0.29, 0.717) is 46.7 Å². The standard InChI is InChI=1S/C15H17ClN4O/c1-3-11(17)14-13(18)10(16)8-12(20-14)9-6-5-7-19-15(9)21-4-2/h5-8,17H,3-4,18H2,1-2H3. The summed E-state index contributed by atoms with van der Waals surface area (Å²) in [4.78, 5) is 8.66. The van der Waals surface area contributed by atoms with Gasteiger partial charge in [-0.3, -0.25) is 0 Å². The second-order valence-electron chi connectivity index (χ2n) is 4.37. The Morgan fingerprint density at radius 2 is 2.19 bits per heavy atom. The highest BCUT2D eigenvalue weighted by Crippen LogP contribution is 2.32. The number of aromatic nitrogens is 2. The van der Waals surface area contributed by atoms with Crippen molar-refractivity contribution in [3.8, 4) is 17.1 Å². The molecule has 0 radical (unpaired) electrons. The third-order valence-corrected chi connectivity index (χ3v) is 3.29. The van der Waals surface area contributed by atoms with E-state index in [-0.39, 0.29) is 0 Å². The number of nitrogens with zero attached hydrogens (tertiary/aromatic N) is 2. The van der Waals surface area contributed by atoms with Crippen LogP contribution in [0.5, 0.6) is 5.88 Å². The van der Waals surface area contributed by atoms with E-state index in [2.05, 4.69) is 9.97 Å². The predicted molar refractivity (Wildman–Crippen MR) is 85.2 cm³/mol. The SMILES string of the molecule is CCOc1ncccc1-c1cc(Cl)c(N)c(C(=N)CC)n1. The third-order valence-electron chi connectivity index (χ3n) is 2.98. The van der Waals surface area contributed by atoms with Crippen molar-refractivity contribution in [2.24, 2.45) is 0 Å². The average Bonchev–Trinajstić information content (AvgIpc) is 2.50. The summed E-state index contributed by atoms with van der Waals surface area (Å²) in [5.74, 6) is 0.488. The van der Waals surface area contributed by atoms with Gasteiger partial charge in [-0.2, -0.15) is 0 Å². The van der Waals surface area contributed by atoms with Crippen LogP contribution >= 0.6 is 11.6 Å². The molecular weight excluding hydrogens is 288 g/mol. The first-order valence-electron chi connectivity index (χ1n) is 6.70. The summed E-state index contributed by atoms with van der Waals surface area (Å²) in [6, 6.07) is 5.32. The monoisotopic (exact) mass is 304 g/mol. The van der Waals surface area contributed by atoms with Gasteiger partial charge in [-0.15, -0.1) is 0 Å². The number of ether oxygens (including phenoxy) is 1. The van der Waals surface area contributed by atoms with Crippen LogP contribution in [0.1, 0.15) is 26.0 Å². The minimum Gasteiger partial charge on any atom is -0.477 e. The Bertz CT molecular complexity index is 673. The maximum absolute atomic E-state index is 7.96. The van der Waals surface area contributed by atoms with Gasteiger partial charge < -0.3 is 15.9 Å². The Morgan fingerprint density at radius 3 is 2.86 bits per heavy atom. The Morgan fingerprint density at radius 1 is 1.43 bits per heavy atom. The zero-order valence-corrected chi connectivity index (χ0v) is 12.7. The summed E-state index contributed by atoms with van der Waals surface area (Å²) >= 11 is 6.18. The van der Waals surface area contributed by atoms with E-state index < -0.39 is 0 Å². The van der Waals surface area contributed by atoms with Crippen LogP contribution < -0.4 is 10.5 Å². The molecule has 0 aliphatic carbocycles. The largest absolute Gasteiger partial charge is 0.477 e. The predicted octanol–water partition coefficient (Wildman–Crippen LogP) is 3.56. The van der Waals surface area contributed by atoms with Crippen molar-refractivity contribution in [1.29, 1.82) is 5.41 Å². The molecule has 110 valence electrons. The van der Waals surface area contributed by atoms with Crippen LogP contribution in [0.25, 0.3) is 11.3 Å². The normalized spacial score (nSPS) is 10.4. The molecule has 0 fully saturated rings. The molecule has 0 spiro atoms. The minimum atomic E-state index is 0.328. The molecule has 21 heavy (non-hydrogen) atoms. The van der Waals surface area contributed by atoms with Crippen LogP contribution in [0.15, 0.2) is 24.4 Å². The summed E-state index contributed by atoms with van der Waals surface area (Å²) in [6.07, 6.45) is 2.19. The molecule has 0 atom stereocenters. The Kier molecular flexibility index (Phi) is 4.75. The summed E-state index contributed by atoms with van der Waals surface area (Å²) in [6.45, 7) is 4.27. The van der Waals surface area contributed by atoms with Gasteiger partial charge in [0.15, 0.2) is 0 Å². The van der Waals surface area contributed by atoms with Crippen LogP contribution in [0.2, 0.25) is 5.02 Å². The van der Waals surface area contributed by atoms with E-state index in [1.54, 1.807) is 18.3 Å². The van der Waals surface area contributed by atoms with E-state index in [1.807, 2.05) is 19.9 Å². The second-order valence-corrected chi connectivity index (χ2v) is 4.78. The van der Waals surface area contributed by atoms with Gasteiger partial charge in [-0.25, -0.2) is 9.97 Å². The summed E-state index contributed by atoms with van der Waals surface area (Å²) < 4.78 is 5.51. The van der Waals surface area contributed by atoms with Gasteiger partial charge >= 0.3 is 0 Å². The highest BCUT2D eigenvalue weighted by atomic mass is 35.5. The van der Waals surface area contributed by atoms with Gasteiger partial charge in [0.05, 0.1) is 34.3 Å². The zero-order valence-electron chi connectivity index (χ0n) is 12.0. The van der Waals surface area contributed by atoms with Crippen molar-refractivity contribution in [2.75, 3.05) is 12.3 Å². The van der Waals surface area contributed by atoms with Crippen molar-refractivity contribution in [3.63, 3.8) is 0 Å². The molecule has 2 aromatic rings. The molecule has 0 amide bonds. The summed E-state index contributed by atoms with van der Waals surface area (Å²) in [5.41, 5.74) is 8.33. The van der Waals surface area contributed by atoms with Gasteiger partial charge in [-0.1, -0.05) is 18.5 Å². The third kappa shape index (κ3) is 3.13. The topological polar surface area (TPSA) is 84.9 Å². The highest BCUT2D eigenvalue weighted by Gasteiger charge is 2.15. The number of nitrogen functional groups attached to an aromatic ring is 1. The van der Waals surface area contributed by atoms with Crippen molar-refractivity contribution in [1.82, 2.24) is 9.97 Å². The summed E-state index contributed by atoms with van der Waals surface area (Å²) in [5, 5.41) is 8.34. The lowest BCUT2D eigenvalue weighted by Crippen LogP contribution is -2.08. The molecule has 0 bridgehead atoms. The van der Waals surface area contributed by atoms with E-state index in [0.717, 1.165) is 5.56 Å². The molecule has 0 saturated heterocycles. The maximum atomic E-state index is 7.96. The molecule has 0 aliphatic rings. The van der Waals surface area contributed by atoms with Crippen LogP contribution in [-0.4, -0.2) is 22.3 Å². The molecule has 2 heterocycles. The van der Waals surface area contributed by atoms with Gasteiger partial charge in [-0.05, 0) is 31.5 Å². The number of nitrogens with one attached hydrogen (secondary N) is 1. The van der Waals surface area contributed by atoms with Crippen molar-refractivity contribution >= 4 is 23.0 Å². The fraction of sp³-hybridized carbons (Fsp3) is 0.267. The Labute approximate surface area is 128 Å². The van der Waals surface area contributed by atoms with E-state index >= 15 is 0 Å². The number of halogens is 1. The first-order valence-corrected chi connectivity index (χ1v) is 7.08. The first-order chi connectivity index (χ1) is 10.1. The first kappa shape index (κ1) is 15.3. The van der Waals surface area contributed by atoms with Gasteiger partial charge in [0, 0.05) is 6.20 Å². The molecule has 3 N–H and O–H groups in total. The van der Waals surface area contributed by atoms with Gasteiger partial charge in [0.1, 0.15) is 5.69 Å². The lowest BCUT2D eigenvalue weighted by molar-refractivity contribution is 0.328. The fourth-order valence-corrected chi connectivity index (χ4v) is 2.09. The number of hydrogen-bond acceptors (Lipinski definition) is 5. The molecule has 0 saturated carbocycles. The van der Waals surface area contributed by atoms with Crippen LogP contribution in [0.3, 0.4) is 0 Å². The smallest absolute Gasteiger partial charge is 0.222 e. The zero-order chi connectivity index (χ0) is 15.4. The fourth-order valence-electron chi connectivity index (χ4n) is 1.90. The molecule has 6 heteroatoms. The van der Waals surface area contributed by atoms with Gasteiger partial charge in [0.2, 0.25) is 5.88 Å². The Balaban J connectivity index is 2.60. The van der Waals surface area contributed by atoms with E-state index in [4.69, 9.17) is 27.5 Å². The molecule has 0 aliphatic heterocycles. The number of nitrogens with two attached hydrogens (primary N) is 1. The lowest BCUT2D eigenvalue weighted by Gasteiger charge is -2.12. The maximum Gasteiger partial charge on any atom is 0.222 e. The molecule has 0 unspecified atom stereocenters. The molecule has 5 nitrogen and oxygen atoms in total. The van der Waals surface area contributed by atoms with E-state index in [9.17, 15) is 0 Å². The number of anilines is 1. The average molecular weight is 305 g/mol. The van der Waals surface area contributed by atoms with E-state index in [1.165, 1.54) is 0 Å². The van der Waals surface area contributed by atoms with Crippen LogP contribution in [0, 0.1) is 5.41 Å². The Hall–Kier alpha value is -2.14. The number of pyridine rings is 2. The lowest BCUT2D eigenvalue weighted by atomic mass is 10.1. The minimum absolute atomic E-state index is 0.328. The molecule has 0 aromatic carbocycles. The van der Waals surface area contributed by atoms with Crippen molar-refractivity contribution < 1.29 is 4.74 Å². The van der Waals surface area contributed by atoms with Crippen LogP contribution in [-0.2, 0) is 0 Å². The molecular formula is C15H17ClN4O. The summed E-state index contributed by atoms with van der Waals surface area (Å²) in [7, 11) is 0. The quantitative estimate of drug-likeness (QED) is 0.827. The second kappa shape index (κ2) is 6.54. The number of hydrogen-bond donors (Lipinski definition) is 2. The highest BCUT2D eigenvalue weighted by molar-refractivity contribution is 6.34. The molecule has 2 aromatic heterocycles. The van der Waals surface area contributed by atoms with Crippen LogP contribution in [0.4, 0.5) is 5.69 Å². The van der Waals surface area contributed by atoms with Crippen molar-refractivity contribution in [2.45, 2.75) is 20.3 Å². The molecule has 2 rings (SSSR count).